The van der Waals surface area contributed by atoms with Gasteiger partial charge in [-0.1, -0.05) is 49.5 Å². The van der Waals surface area contributed by atoms with Crippen molar-refractivity contribution in [3.8, 4) is 0 Å². The monoisotopic (exact) mass is 270 g/mol. The highest BCUT2D eigenvalue weighted by atomic mass is 16.1. The molecule has 3 rings (SSSR count). The van der Waals surface area contributed by atoms with Gasteiger partial charge in [-0.15, -0.1) is 0 Å². The maximum atomic E-state index is 11.8. The molecule has 0 saturated heterocycles. The van der Waals surface area contributed by atoms with E-state index in [1.807, 2.05) is 12.2 Å². The molecule has 0 amide bonds. The average Bonchev–Trinajstić information content (AvgIpc) is 2.44. The van der Waals surface area contributed by atoms with Gasteiger partial charge in [-0.2, -0.15) is 0 Å². The van der Waals surface area contributed by atoms with Crippen molar-refractivity contribution in [3.05, 3.63) is 48.6 Å². The molecular formula is C19H26O. The summed E-state index contributed by atoms with van der Waals surface area (Å²) < 4.78 is 0. The molecule has 0 aliphatic heterocycles. The molecule has 1 saturated carbocycles. The minimum Gasteiger partial charge on any atom is -0.295 e. The Bertz CT molecular complexity index is 480. The van der Waals surface area contributed by atoms with Gasteiger partial charge in [0, 0.05) is 6.42 Å². The molecule has 3 aliphatic carbocycles. The molecule has 0 unspecified atom stereocenters. The third-order valence-electron chi connectivity index (χ3n) is 5.53. The Balaban J connectivity index is 2.27. The van der Waals surface area contributed by atoms with Crippen molar-refractivity contribution in [2.24, 2.45) is 17.3 Å². The minimum atomic E-state index is 0.161. The summed E-state index contributed by atoms with van der Waals surface area (Å²) >= 11 is 0. The Hall–Kier alpha value is -1.37. The maximum Gasteiger partial charge on any atom is 0.159 e. The summed E-state index contributed by atoms with van der Waals surface area (Å²) in [7, 11) is 0. The number of ketones is 1. The van der Waals surface area contributed by atoms with Crippen molar-refractivity contribution in [2.45, 2.75) is 46.0 Å². The molecule has 1 heteroatoms. The van der Waals surface area contributed by atoms with E-state index in [4.69, 9.17) is 0 Å². The number of hydrogen-bond acceptors (Lipinski definition) is 1. The second-order valence-electron chi connectivity index (χ2n) is 6.49. The van der Waals surface area contributed by atoms with Crippen LogP contribution in [-0.4, -0.2) is 5.78 Å². The van der Waals surface area contributed by atoms with Crippen LogP contribution in [0, 0.1) is 17.3 Å². The maximum absolute atomic E-state index is 11.8. The normalized spacial score (nSPS) is 32.7. The van der Waals surface area contributed by atoms with Gasteiger partial charge in [-0.05, 0) is 55.9 Å². The van der Waals surface area contributed by atoms with Crippen molar-refractivity contribution >= 4 is 5.78 Å². The minimum absolute atomic E-state index is 0.161. The number of carbonyl (C=O) groups is 1. The van der Waals surface area contributed by atoms with Gasteiger partial charge in [0.2, 0.25) is 0 Å². The summed E-state index contributed by atoms with van der Waals surface area (Å²) in [6, 6.07) is 0. The third-order valence-corrected chi connectivity index (χ3v) is 5.53. The summed E-state index contributed by atoms with van der Waals surface area (Å²) in [6.45, 7) is 12.0. The van der Waals surface area contributed by atoms with Crippen molar-refractivity contribution in [3.63, 3.8) is 0 Å². The van der Waals surface area contributed by atoms with Gasteiger partial charge in [0.25, 0.3) is 0 Å². The Morgan fingerprint density at radius 2 is 2.20 bits per heavy atom. The summed E-state index contributed by atoms with van der Waals surface area (Å²) in [5.41, 5.74) is 3.09. The molecular weight excluding hydrogens is 244 g/mol. The van der Waals surface area contributed by atoms with E-state index in [-0.39, 0.29) is 11.2 Å². The molecule has 0 aromatic rings. The molecule has 3 atom stereocenters. The molecule has 0 spiro atoms. The van der Waals surface area contributed by atoms with Gasteiger partial charge < -0.3 is 0 Å². The molecule has 2 bridgehead atoms. The van der Waals surface area contributed by atoms with Crippen LogP contribution < -0.4 is 0 Å². The summed E-state index contributed by atoms with van der Waals surface area (Å²) in [6.07, 6.45) is 13.0. The fourth-order valence-corrected chi connectivity index (χ4v) is 4.17. The first-order valence-electron chi connectivity index (χ1n) is 7.66. The van der Waals surface area contributed by atoms with Crippen LogP contribution in [0.1, 0.15) is 46.0 Å². The first-order valence-corrected chi connectivity index (χ1v) is 7.66. The second kappa shape index (κ2) is 5.95. The molecule has 108 valence electrons. The Morgan fingerprint density at radius 3 is 2.85 bits per heavy atom. The van der Waals surface area contributed by atoms with Crippen molar-refractivity contribution in [2.75, 3.05) is 0 Å². The SMILES string of the molecule is C=C/C=C/C[C@@H]1C[C@H]2CC[C@]1(C)C(CC(=O)C=C)=C2C. The molecule has 0 radical (unpaired) electrons. The Kier molecular flexibility index (Phi) is 4.47. The highest BCUT2D eigenvalue weighted by Crippen LogP contribution is 2.58. The van der Waals surface area contributed by atoms with E-state index in [0.29, 0.717) is 18.3 Å². The van der Waals surface area contributed by atoms with Gasteiger partial charge in [0.1, 0.15) is 0 Å². The number of hydrogen-bond donors (Lipinski definition) is 0. The molecule has 0 N–H and O–H groups in total. The molecule has 0 heterocycles. The van der Waals surface area contributed by atoms with Crippen LogP contribution in [0.25, 0.3) is 0 Å². The van der Waals surface area contributed by atoms with Crippen LogP contribution in [-0.2, 0) is 4.79 Å². The zero-order valence-corrected chi connectivity index (χ0v) is 12.8. The van der Waals surface area contributed by atoms with Crippen LogP contribution in [0.3, 0.4) is 0 Å². The molecule has 3 aliphatic rings. The van der Waals surface area contributed by atoms with Gasteiger partial charge >= 0.3 is 0 Å². The smallest absolute Gasteiger partial charge is 0.159 e. The summed E-state index contributed by atoms with van der Waals surface area (Å²) in [5, 5.41) is 0. The summed E-state index contributed by atoms with van der Waals surface area (Å²) in [4.78, 5) is 11.8. The van der Waals surface area contributed by atoms with Crippen LogP contribution in [0.2, 0.25) is 0 Å². The van der Waals surface area contributed by atoms with E-state index in [2.05, 4.69) is 33.1 Å². The van der Waals surface area contributed by atoms with Crippen LogP contribution in [0.15, 0.2) is 48.6 Å². The first kappa shape index (κ1) is 15.0. The fraction of sp³-hybridized carbons (Fsp3) is 0.526. The quantitative estimate of drug-likeness (QED) is 0.376. The van der Waals surface area contributed by atoms with E-state index in [1.54, 1.807) is 0 Å². The molecule has 0 aromatic heterocycles. The lowest BCUT2D eigenvalue weighted by atomic mass is 9.52. The molecule has 1 fully saturated rings. The Labute approximate surface area is 123 Å². The molecule has 20 heavy (non-hydrogen) atoms. The predicted molar refractivity (Wildman–Crippen MR) is 85.4 cm³/mol. The highest BCUT2D eigenvalue weighted by molar-refractivity contribution is 5.91. The lowest BCUT2D eigenvalue weighted by Crippen LogP contribution is -2.42. The second-order valence-corrected chi connectivity index (χ2v) is 6.49. The van der Waals surface area contributed by atoms with Crippen LogP contribution in [0.5, 0.6) is 0 Å². The van der Waals surface area contributed by atoms with Gasteiger partial charge in [0.05, 0.1) is 0 Å². The van der Waals surface area contributed by atoms with Crippen molar-refractivity contribution in [1.29, 1.82) is 0 Å². The predicted octanol–water partition coefficient (Wildman–Crippen LogP) is 5.02. The number of rotatable bonds is 6. The third kappa shape index (κ3) is 2.59. The number of carbonyl (C=O) groups excluding carboxylic acids is 1. The first-order chi connectivity index (χ1) is 9.52. The van der Waals surface area contributed by atoms with Crippen molar-refractivity contribution in [1.82, 2.24) is 0 Å². The zero-order chi connectivity index (χ0) is 14.8. The van der Waals surface area contributed by atoms with E-state index in [0.717, 1.165) is 6.42 Å². The average molecular weight is 270 g/mol. The highest BCUT2D eigenvalue weighted by Gasteiger charge is 2.47. The largest absolute Gasteiger partial charge is 0.295 e. The van der Waals surface area contributed by atoms with Gasteiger partial charge in [0.15, 0.2) is 5.78 Å². The van der Waals surface area contributed by atoms with Crippen LogP contribution >= 0.6 is 0 Å². The zero-order valence-electron chi connectivity index (χ0n) is 12.8. The lowest BCUT2D eigenvalue weighted by molar-refractivity contribution is -0.114. The van der Waals surface area contributed by atoms with E-state index in [1.165, 1.54) is 36.5 Å². The van der Waals surface area contributed by atoms with E-state index in [9.17, 15) is 4.79 Å². The standard InChI is InChI=1S/C19H26O/c1-5-7-8-9-16-12-15-10-11-19(16,4)18(14(15)3)13-17(20)6-2/h5-8,15-16H,1-2,9-13H2,3-4H3/b8-7+/t15-,16-,19+/m1/s1. The van der Waals surface area contributed by atoms with Gasteiger partial charge in [-0.3, -0.25) is 4.79 Å². The lowest BCUT2D eigenvalue weighted by Gasteiger charge is -2.52. The van der Waals surface area contributed by atoms with Crippen molar-refractivity contribution < 1.29 is 4.79 Å². The van der Waals surface area contributed by atoms with Crippen LogP contribution in [0.4, 0.5) is 0 Å². The van der Waals surface area contributed by atoms with Gasteiger partial charge in [-0.25, -0.2) is 0 Å². The fourth-order valence-electron chi connectivity index (χ4n) is 4.17. The number of fused-ring (bicyclic) bond motifs is 2. The summed E-state index contributed by atoms with van der Waals surface area (Å²) in [5.74, 6) is 1.51. The topological polar surface area (TPSA) is 17.1 Å². The van der Waals surface area contributed by atoms with E-state index < -0.39 is 0 Å². The molecule has 1 nitrogen and oxygen atoms in total. The molecule has 0 aromatic carbocycles. The number of allylic oxidation sites excluding steroid dienone is 6. The van der Waals surface area contributed by atoms with E-state index >= 15 is 0 Å². The Morgan fingerprint density at radius 1 is 1.45 bits per heavy atom.